The van der Waals surface area contributed by atoms with Crippen LogP contribution in [0.4, 0.5) is 0 Å². The summed E-state index contributed by atoms with van der Waals surface area (Å²) in [7, 11) is 3.94. The van der Waals surface area contributed by atoms with Gasteiger partial charge in [0.2, 0.25) is 5.72 Å². The van der Waals surface area contributed by atoms with Crippen LogP contribution < -0.4 is 14.4 Å². The van der Waals surface area contributed by atoms with Crippen molar-refractivity contribution < 1.29 is 14.4 Å². The van der Waals surface area contributed by atoms with Crippen molar-refractivity contribution in [3.63, 3.8) is 0 Å². The highest BCUT2D eigenvalue weighted by atomic mass is 35.5. The largest absolute Gasteiger partial charge is 0.497 e. The Morgan fingerprint density at radius 2 is 2.04 bits per heavy atom. The molecule has 1 N–H and O–H groups in total. The highest BCUT2D eigenvalue weighted by Crippen LogP contribution is 2.49. The minimum absolute atomic E-state index is 0.155. The third kappa shape index (κ3) is 2.85. The van der Waals surface area contributed by atoms with Gasteiger partial charge in [0.05, 0.1) is 51.8 Å². The second-order valence-electron chi connectivity index (χ2n) is 8.03. The van der Waals surface area contributed by atoms with E-state index >= 15 is 0 Å². The first-order chi connectivity index (χ1) is 13.6. The molecule has 0 unspecified atom stereocenters. The zero-order valence-corrected chi connectivity index (χ0v) is 17.0. The van der Waals surface area contributed by atoms with Crippen molar-refractivity contribution in [1.82, 2.24) is 5.01 Å². The minimum atomic E-state index is -0.369. The number of halogens is 1. The standard InChI is InChI=1S/C22H24ClN3O2/c1-25-10-8-22(9-11-25)26-20(18-13-16(23)6-7-21(18)28-22)14-19(24-26)15-4-3-5-17(12-15)27-2/h3-7,12-13,20H,8-11,14H2,1-2H3/p+1/t20-/m1/s1. The highest BCUT2D eigenvalue weighted by Gasteiger charge is 2.52. The number of hydrazone groups is 1. The molecule has 0 aromatic heterocycles. The molecule has 1 saturated heterocycles. The summed E-state index contributed by atoms with van der Waals surface area (Å²) in [5.74, 6) is 1.80. The molecule has 1 fully saturated rings. The smallest absolute Gasteiger partial charge is 0.208 e. The fourth-order valence-electron chi connectivity index (χ4n) is 4.63. The van der Waals surface area contributed by atoms with Gasteiger partial charge in [-0.15, -0.1) is 0 Å². The molecule has 6 heteroatoms. The summed E-state index contributed by atoms with van der Waals surface area (Å²) in [4.78, 5) is 1.55. The number of nitrogens with one attached hydrogen (secondary N) is 1. The van der Waals surface area contributed by atoms with Crippen molar-refractivity contribution in [2.45, 2.75) is 31.0 Å². The van der Waals surface area contributed by atoms with Crippen molar-refractivity contribution in [2.24, 2.45) is 5.10 Å². The van der Waals surface area contributed by atoms with Crippen molar-refractivity contribution in [3.8, 4) is 11.5 Å². The molecule has 5 nitrogen and oxygen atoms in total. The van der Waals surface area contributed by atoms with E-state index in [0.717, 1.165) is 65.7 Å². The molecule has 0 bridgehead atoms. The van der Waals surface area contributed by atoms with Gasteiger partial charge in [-0.1, -0.05) is 23.7 Å². The van der Waals surface area contributed by atoms with E-state index in [1.807, 2.05) is 30.3 Å². The number of benzene rings is 2. The van der Waals surface area contributed by atoms with Gasteiger partial charge in [-0.05, 0) is 30.3 Å². The predicted molar refractivity (Wildman–Crippen MR) is 109 cm³/mol. The van der Waals surface area contributed by atoms with Crippen LogP contribution in [-0.2, 0) is 0 Å². The van der Waals surface area contributed by atoms with Crippen LogP contribution in [-0.4, -0.2) is 43.7 Å². The Hall–Kier alpha value is -2.24. The first-order valence-electron chi connectivity index (χ1n) is 9.89. The van der Waals surface area contributed by atoms with Crippen molar-refractivity contribution in [3.05, 3.63) is 58.6 Å². The number of quaternary nitrogens is 1. The van der Waals surface area contributed by atoms with Crippen LogP contribution in [0.2, 0.25) is 5.02 Å². The third-order valence-electron chi connectivity index (χ3n) is 6.25. The summed E-state index contributed by atoms with van der Waals surface area (Å²) in [5, 5.41) is 8.07. The maximum Gasteiger partial charge on any atom is 0.208 e. The molecule has 1 spiro atoms. The first-order valence-corrected chi connectivity index (χ1v) is 10.3. The Bertz CT molecular complexity index is 937. The molecule has 3 heterocycles. The van der Waals surface area contributed by atoms with Gasteiger partial charge < -0.3 is 14.4 Å². The molecule has 3 aliphatic heterocycles. The number of methoxy groups -OCH3 is 1. The van der Waals surface area contributed by atoms with Gasteiger partial charge in [0, 0.05) is 22.6 Å². The SMILES string of the molecule is COc1cccc(C2=NN3[C@H](C2)c2cc(Cl)ccc2OC32CC[NH+](C)CC2)c1. The Morgan fingerprint density at radius 1 is 1.21 bits per heavy atom. The summed E-state index contributed by atoms with van der Waals surface area (Å²) < 4.78 is 12.0. The molecule has 5 rings (SSSR count). The molecule has 2 aromatic rings. The van der Waals surface area contributed by atoms with E-state index in [1.54, 1.807) is 12.0 Å². The van der Waals surface area contributed by atoms with Crippen LogP contribution in [0.1, 0.15) is 36.4 Å². The number of ether oxygens (including phenoxy) is 2. The number of fused-ring (bicyclic) bond motifs is 4. The number of piperidine rings is 1. The van der Waals surface area contributed by atoms with E-state index in [2.05, 4.69) is 24.2 Å². The Kier molecular flexibility index (Phi) is 4.25. The van der Waals surface area contributed by atoms with E-state index in [9.17, 15) is 0 Å². The second kappa shape index (κ2) is 6.68. The summed E-state index contributed by atoms with van der Waals surface area (Å²) in [6.45, 7) is 2.16. The molecule has 0 radical (unpaired) electrons. The van der Waals surface area contributed by atoms with Gasteiger partial charge in [-0.2, -0.15) is 5.10 Å². The second-order valence-corrected chi connectivity index (χ2v) is 8.47. The summed E-state index contributed by atoms with van der Waals surface area (Å²) >= 11 is 6.33. The van der Waals surface area contributed by atoms with Gasteiger partial charge in [0.15, 0.2) is 0 Å². The summed E-state index contributed by atoms with van der Waals surface area (Å²) in [6.07, 6.45) is 2.77. The van der Waals surface area contributed by atoms with E-state index in [0.29, 0.717) is 0 Å². The normalized spacial score (nSPS) is 28.4. The molecular formula is C22H25ClN3O2+. The van der Waals surface area contributed by atoms with Crippen LogP contribution in [0.5, 0.6) is 11.5 Å². The van der Waals surface area contributed by atoms with E-state index in [-0.39, 0.29) is 11.8 Å². The zero-order valence-electron chi connectivity index (χ0n) is 16.2. The maximum atomic E-state index is 6.63. The fourth-order valence-corrected chi connectivity index (χ4v) is 4.81. The number of likely N-dealkylation sites (tertiary alicyclic amines) is 1. The van der Waals surface area contributed by atoms with Crippen LogP contribution in [0.3, 0.4) is 0 Å². The Balaban J connectivity index is 1.58. The van der Waals surface area contributed by atoms with Crippen molar-refractivity contribution in [1.29, 1.82) is 0 Å². The number of nitrogens with zero attached hydrogens (tertiary/aromatic N) is 2. The average Bonchev–Trinajstić information content (AvgIpc) is 3.18. The molecule has 0 amide bonds. The van der Waals surface area contributed by atoms with Crippen LogP contribution in [0, 0.1) is 0 Å². The van der Waals surface area contributed by atoms with Gasteiger partial charge >= 0.3 is 0 Å². The molecule has 28 heavy (non-hydrogen) atoms. The van der Waals surface area contributed by atoms with Gasteiger partial charge in [-0.3, -0.25) is 0 Å². The molecular weight excluding hydrogens is 374 g/mol. The molecule has 0 saturated carbocycles. The van der Waals surface area contributed by atoms with Crippen LogP contribution in [0.25, 0.3) is 0 Å². The average molecular weight is 399 g/mol. The lowest BCUT2D eigenvalue weighted by molar-refractivity contribution is -0.888. The van der Waals surface area contributed by atoms with Gasteiger partial charge in [0.1, 0.15) is 11.5 Å². The lowest BCUT2D eigenvalue weighted by Crippen LogP contribution is -3.11. The fraction of sp³-hybridized carbons (Fsp3) is 0.409. The molecule has 3 aliphatic rings. The predicted octanol–water partition coefficient (Wildman–Crippen LogP) is 2.90. The molecule has 1 atom stereocenters. The lowest BCUT2D eigenvalue weighted by Gasteiger charge is -2.49. The minimum Gasteiger partial charge on any atom is -0.497 e. The van der Waals surface area contributed by atoms with E-state index < -0.39 is 0 Å². The topological polar surface area (TPSA) is 38.5 Å². The third-order valence-corrected chi connectivity index (χ3v) is 6.48. The van der Waals surface area contributed by atoms with Gasteiger partial charge in [-0.25, -0.2) is 5.01 Å². The van der Waals surface area contributed by atoms with Crippen LogP contribution in [0.15, 0.2) is 47.6 Å². The molecule has 2 aromatic carbocycles. The number of rotatable bonds is 2. The lowest BCUT2D eigenvalue weighted by atomic mass is 9.91. The number of hydrogen-bond acceptors (Lipinski definition) is 4. The molecule has 146 valence electrons. The van der Waals surface area contributed by atoms with Crippen molar-refractivity contribution in [2.75, 3.05) is 27.2 Å². The Morgan fingerprint density at radius 3 is 2.82 bits per heavy atom. The summed E-state index contributed by atoms with van der Waals surface area (Å²) in [5.41, 5.74) is 2.94. The monoisotopic (exact) mass is 398 g/mol. The van der Waals surface area contributed by atoms with Crippen LogP contribution >= 0.6 is 11.6 Å². The number of hydrogen-bond donors (Lipinski definition) is 1. The first kappa shape index (κ1) is 17.8. The summed E-state index contributed by atoms with van der Waals surface area (Å²) in [6, 6.07) is 14.3. The Labute approximate surface area is 170 Å². The van der Waals surface area contributed by atoms with Crippen molar-refractivity contribution >= 4 is 17.3 Å². The van der Waals surface area contributed by atoms with Gasteiger partial charge in [0.25, 0.3) is 0 Å². The zero-order chi connectivity index (χ0) is 19.3. The van der Waals surface area contributed by atoms with E-state index in [1.165, 1.54) is 0 Å². The quantitative estimate of drug-likeness (QED) is 0.845. The highest BCUT2D eigenvalue weighted by molar-refractivity contribution is 6.30. The van der Waals surface area contributed by atoms with E-state index in [4.69, 9.17) is 26.2 Å². The maximum absolute atomic E-state index is 6.63. The molecule has 0 aliphatic carbocycles.